The molecule has 0 unspecified atom stereocenters. The molecule has 27 heavy (non-hydrogen) atoms. The Kier molecular flexibility index (Phi) is 5.60. The Balaban J connectivity index is 1.50. The molecule has 140 valence electrons. The summed E-state index contributed by atoms with van der Waals surface area (Å²) in [7, 11) is 0. The van der Waals surface area contributed by atoms with Gasteiger partial charge in [-0.2, -0.15) is 10.1 Å². The lowest BCUT2D eigenvalue weighted by Crippen LogP contribution is -2.22. The zero-order valence-electron chi connectivity index (χ0n) is 14.8. The van der Waals surface area contributed by atoms with Gasteiger partial charge >= 0.3 is 5.97 Å². The number of nitrogens with one attached hydrogen (secondary N) is 1. The summed E-state index contributed by atoms with van der Waals surface area (Å²) in [6, 6.07) is 8.81. The minimum atomic E-state index is -1.08. The number of carbonyl (C=O) groups excluding carboxylic acids is 1. The minimum Gasteiger partial charge on any atom is -0.476 e. The second-order valence-corrected chi connectivity index (χ2v) is 5.99. The summed E-state index contributed by atoms with van der Waals surface area (Å²) < 4.78 is 6.50. The number of rotatable bonds is 8. The van der Waals surface area contributed by atoms with Gasteiger partial charge in [0.1, 0.15) is 0 Å². The number of aryl methyl sites for hydroxylation is 2. The summed E-state index contributed by atoms with van der Waals surface area (Å²) in [5.74, 6) is -0.0216. The number of carbonyl (C=O) groups is 2. The van der Waals surface area contributed by atoms with Crippen LogP contribution in [0, 0.1) is 6.92 Å². The average molecular weight is 369 g/mol. The Morgan fingerprint density at radius 3 is 2.85 bits per heavy atom. The van der Waals surface area contributed by atoms with Crippen molar-refractivity contribution in [3.63, 3.8) is 0 Å². The van der Waals surface area contributed by atoms with Crippen LogP contribution in [0.1, 0.15) is 40.6 Å². The summed E-state index contributed by atoms with van der Waals surface area (Å²) in [5.41, 5.74) is 1.59. The number of hydrogen-bond donors (Lipinski definition) is 2. The van der Waals surface area contributed by atoms with E-state index < -0.39 is 5.97 Å². The molecule has 3 rings (SSSR count). The third kappa shape index (κ3) is 5.00. The van der Waals surface area contributed by atoms with Gasteiger partial charge in [-0.3, -0.25) is 4.79 Å². The number of aromatic nitrogens is 4. The molecule has 2 heterocycles. The molecule has 0 saturated carbocycles. The van der Waals surface area contributed by atoms with Crippen LogP contribution in [0.5, 0.6) is 0 Å². The van der Waals surface area contributed by atoms with Crippen LogP contribution in [0.4, 0.5) is 0 Å². The molecule has 0 atom stereocenters. The summed E-state index contributed by atoms with van der Waals surface area (Å²) in [6.45, 7) is 2.12. The van der Waals surface area contributed by atoms with Gasteiger partial charge in [0.2, 0.25) is 11.8 Å². The van der Waals surface area contributed by atoms with Gasteiger partial charge in [0.05, 0.1) is 5.69 Å². The molecular formula is C18H19N5O4. The number of nitrogens with zero attached hydrogens (tertiary/aromatic N) is 4. The van der Waals surface area contributed by atoms with Gasteiger partial charge in [0.25, 0.3) is 0 Å². The van der Waals surface area contributed by atoms with Crippen molar-refractivity contribution in [3.8, 4) is 5.69 Å². The van der Waals surface area contributed by atoms with E-state index >= 15 is 0 Å². The predicted octanol–water partition coefficient (Wildman–Crippen LogP) is 1.90. The highest BCUT2D eigenvalue weighted by atomic mass is 16.5. The summed E-state index contributed by atoms with van der Waals surface area (Å²) >= 11 is 0. The fourth-order valence-electron chi connectivity index (χ4n) is 2.52. The highest BCUT2D eigenvalue weighted by Crippen LogP contribution is 2.11. The van der Waals surface area contributed by atoms with Gasteiger partial charge in [0, 0.05) is 25.6 Å². The van der Waals surface area contributed by atoms with Crippen molar-refractivity contribution in [2.24, 2.45) is 0 Å². The minimum absolute atomic E-state index is 0.0230. The Morgan fingerprint density at radius 1 is 1.30 bits per heavy atom. The Morgan fingerprint density at radius 2 is 2.15 bits per heavy atom. The zero-order valence-corrected chi connectivity index (χ0v) is 14.8. The molecule has 2 aromatic heterocycles. The first-order valence-electron chi connectivity index (χ1n) is 8.45. The maximum atomic E-state index is 12.0. The van der Waals surface area contributed by atoms with Crippen LogP contribution < -0.4 is 5.32 Å². The molecular weight excluding hydrogens is 350 g/mol. The molecule has 0 aliphatic heterocycles. The van der Waals surface area contributed by atoms with E-state index in [1.54, 1.807) is 13.1 Å². The molecule has 9 heteroatoms. The van der Waals surface area contributed by atoms with Crippen molar-refractivity contribution >= 4 is 11.9 Å². The molecule has 0 saturated heterocycles. The van der Waals surface area contributed by atoms with Crippen molar-refractivity contribution in [2.75, 3.05) is 0 Å². The monoisotopic (exact) mass is 369 g/mol. The van der Waals surface area contributed by atoms with Crippen LogP contribution in [0.25, 0.3) is 5.69 Å². The number of benzene rings is 1. The lowest BCUT2D eigenvalue weighted by Gasteiger charge is -2.07. The van der Waals surface area contributed by atoms with E-state index in [2.05, 4.69) is 20.6 Å². The number of amides is 1. The number of carboxylic acids is 1. The third-order valence-corrected chi connectivity index (χ3v) is 3.84. The Hall–Kier alpha value is -3.49. The molecule has 2 N–H and O–H groups in total. The normalized spacial score (nSPS) is 10.7. The van der Waals surface area contributed by atoms with Crippen LogP contribution in [-0.2, 0) is 17.8 Å². The van der Waals surface area contributed by atoms with Crippen LogP contribution in [0.2, 0.25) is 0 Å². The van der Waals surface area contributed by atoms with E-state index in [9.17, 15) is 9.59 Å². The molecule has 0 radical (unpaired) electrons. The van der Waals surface area contributed by atoms with E-state index in [4.69, 9.17) is 9.63 Å². The van der Waals surface area contributed by atoms with E-state index in [1.165, 1.54) is 10.7 Å². The summed E-state index contributed by atoms with van der Waals surface area (Å²) in [6.07, 6.45) is 3.14. The van der Waals surface area contributed by atoms with Gasteiger partial charge in [-0.25, -0.2) is 9.48 Å². The SMILES string of the molecule is Cc1noc(CCCC(=O)NCc2cccc(-n3ccc(C(=O)O)n3)c2)n1. The first kappa shape index (κ1) is 18.3. The average Bonchev–Trinajstić information content (AvgIpc) is 3.30. The zero-order chi connectivity index (χ0) is 19.2. The lowest BCUT2D eigenvalue weighted by molar-refractivity contribution is -0.121. The molecule has 0 aliphatic carbocycles. The molecule has 0 aliphatic rings. The van der Waals surface area contributed by atoms with E-state index in [-0.39, 0.29) is 11.6 Å². The molecule has 0 spiro atoms. The van der Waals surface area contributed by atoms with Gasteiger partial charge < -0.3 is 14.9 Å². The summed E-state index contributed by atoms with van der Waals surface area (Å²) in [5, 5.41) is 19.5. The van der Waals surface area contributed by atoms with E-state index in [0.29, 0.717) is 37.5 Å². The topological polar surface area (TPSA) is 123 Å². The van der Waals surface area contributed by atoms with Gasteiger partial charge in [-0.1, -0.05) is 17.3 Å². The quantitative estimate of drug-likeness (QED) is 0.621. The van der Waals surface area contributed by atoms with Crippen LogP contribution in [-0.4, -0.2) is 36.9 Å². The standard InChI is InChI=1S/C18H19N5O4/c1-12-20-17(27-22-12)7-3-6-16(24)19-11-13-4-2-5-14(10-13)23-9-8-15(21-23)18(25)26/h2,4-5,8-10H,3,6-7,11H2,1H3,(H,19,24)(H,25,26). The molecule has 1 amide bonds. The number of aromatic carboxylic acids is 1. The van der Waals surface area contributed by atoms with Crippen molar-refractivity contribution < 1.29 is 19.2 Å². The Labute approximate surface area is 155 Å². The van der Waals surface area contributed by atoms with Crippen molar-refractivity contribution in [3.05, 3.63) is 59.5 Å². The van der Waals surface area contributed by atoms with E-state index in [1.807, 2.05) is 24.3 Å². The van der Waals surface area contributed by atoms with Gasteiger partial charge in [0.15, 0.2) is 11.5 Å². The highest BCUT2D eigenvalue weighted by Gasteiger charge is 2.09. The molecule has 3 aromatic rings. The largest absolute Gasteiger partial charge is 0.476 e. The molecule has 0 fully saturated rings. The van der Waals surface area contributed by atoms with Crippen LogP contribution >= 0.6 is 0 Å². The first-order chi connectivity index (χ1) is 13.0. The van der Waals surface area contributed by atoms with E-state index in [0.717, 1.165) is 11.3 Å². The van der Waals surface area contributed by atoms with Crippen molar-refractivity contribution in [1.29, 1.82) is 0 Å². The lowest BCUT2D eigenvalue weighted by atomic mass is 10.2. The molecule has 0 bridgehead atoms. The number of carboxylic acid groups (broad SMARTS) is 1. The molecule has 1 aromatic carbocycles. The fraction of sp³-hybridized carbons (Fsp3) is 0.278. The number of hydrogen-bond acceptors (Lipinski definition) is 6. The molecule has 9 nitrogen and oxygen atoms in total. The van der Waals surface area contributed by atoms with Crippen molar-refractivity contribution in [1.82, 2.24) is 25.2 Å². The second-order valence-electron chi connectivity index (χ2n) is 5.99. The highest BCUT2D eigenvalue weighted by molar-refractivity contribution is 5.85. The maximum absolute atomic E-state index is 12.0. The second kappa shape index (κ2) is 8.26. The predicted molar refractivity (Wildman–Crippen MR) is 94.3 cm³/mol. The summed E-state index contributed by atoms with van der Waals surface area (Å²) in [4.78, 5) is 27.0. The van der Waals surface area contributed by atoms with Crippen LogP contribution in [0.3, 0.4) is 0 Å². The van der Waals surface area contributed by atoms with Gasteiger partial charge in [-0.15, -0.1) is 0 Å². The van der Waals surface area contributed by atoms with Gasteiger partial charge in [-0.05, 0) is 37.1 Å². The van der Waals surface area contributed by atoms with Crippen LogP contribution in [0.15, 0.2) is 41.1 Å². The fourth-order valence-corrected chi connectivity index (χ4v) is 2.52. The first-order valence-corrected chi connectivity index (χ1v) is 8.45. The Bertz CT molecular complexity index is 947. The van der Waals surface area contributed by atoms with Crippen molar-refractivity contribution in [2.45, 2.75) is 32.7 Å². The smallest absolute Gasteiger partial charge is 0.356 e. The third-order valence-electron chi connectivity index (χ3n) is 3.84. The maximum Gasteiger partial charge on any atom is 0.356 e.